The number of hydrogen-bond donors (Lipinski definition) is 2. The maximum absolute atomic E-state index is 12.8. The van der Waals surface area contributed by atoms with Crippen LogP contribution in [-0.4, -0.2) is 30.6 Å². The minimum atomic E-state index is -0.512. The summed E-state index contributed by atoms with van der Waals surface area (Å²) in [5.74, 6) is -0.111. The van der Waals surface area contributed by atoms with Crippen molar-refractivity contribution < 1.29 is 13.9 Å². The van der Waals surface area contributed by atoms with E-state index in [-0.39, 0.29) is 42.3 Å². The topological polar surface area (TPSA) is 62.7 Å². The van der Waals surface area contributed by atoms with Crippen LogP contribution < -0.4 is 10.6 Å². The number of rotatable bonds is 5. The molecule has 23 heavy (non-hydrogen) atoms. The number of carbonyl (C=O) groups excluding carboxylic acids is 1. The Hall–Kier alpha value is -1.38. The average molecular weight is 437 g/mol. The number of hydrogen-bond acceptors (Lipinski definition) is 3. The lowest BCUT2D eigenvalue weighted by Gasteiger charge is -2.20. The molecule has 0 aliphatic rings. The van der Waals surface area contributed by atoms with E-state index in [1.54, 1.807) is 12.1 Å². The zero-order valence-corrected chi connectivity index (χ0v) is 16.3. The van der Waals surface area contributed by atoms with Crippen LogP contribution in [0, 0.1) is 5.82 Å². The highest BCUT2D eigenvalue weighted by Gasteiger charge is 2.16. The van der Waals surface area contributed by atoms with Gasteiger partial charge in [0, 0.05) is 6.54 Å². The first-order valence-electron chi connectivity index (χ1n) is 7.28. The van der Waals surface area contributed by atoms with E-state index in [2.05, 4.69) is 15.6 Å². The van der Waals surface area contributed by atoms with Crippen LogP contribution in [0.4, 0.5) is 4.39 Å². The van der Waals surface area contributed by atoms with Gasteiger partial charge in [-0.25, -0.2) is 9.38 Å². The Bertz CT molecular complexity index is 513. The molecule has 0 radical (unpaired) electrons. The van der Waals surface area contributed by atoms with Crippen LogP contribution in [-0.2, 0) is 16.1 Å². The van der Waals surface area contributed by atoms with Crippen molar-refractivity contribution in [1.82, 2.24) is 10.6 Å². The number of esters is 1. The van der Waals surface area contributed by atoms with Crippen LogP contribution in [0.15, 0.2) is 29.3 Å². The molecule has 7 heteroatoms. The lowest BCUT2D eigenvalue weighted by molar-refractivity contribution is -0.153. The second-order valence-corrected chi connectivity index (χ2v) is 5.76. The minimum Gasteiger partial charge on any atom is -0.459 e. The Balaban J connectivity index is 0.00000484. The molecule has 1 rings (SSSR count). The largest absolute Gasteiger partial charge is 0.459 e. The highest BCUT2D eigenvalue weighted by atomic mass is 127. The number of nitrogens with zero attached hydrogens (tertiary/aromatic N) is 1. The van der Waals surface area contributed by atoms with Crippen molar-refractivity contribution in [3.05, 3.63) is 35.6 Å². The molecule has 130 valence electrons. The molecule has 0 atom stereocenters. The van der Waals surface area contributed by atoms with Crippen LogP contribution in [0.1, 0.15) is 33.3 Å². The molecule has 5 nitrogen and oxygen atoms in total. The number of ether oxygens (including phenoxy) is 1. The number of carbonyl (C=O) groups is 1. The van der Waals surface area contributed by atoms with Crippen LogP contribution in [0.25, 0.3) is 0 Å². The number of aliphatic imine (C=N–C) groups is 1. The molecule has 0 amide bonds. The van der Waals surface area contributed by atoms with Gasteiger partial charge in [0.1, 0.15) is 18.0 Å². The first kappa shape index (κ1) is 21.6. The van der Waals surface area contributed by atoms with Crippen LogP contribution >= 0.6 is 24.0 Å². The van der Waals surface area contributed by atoms with E-state index in [0.29, 0.717) is 19.0 Å². The zero-order chi connectivity index (χ0) is 16.6. The van der Waals surface area contributed by atoms with Crippen molar-refractivity contribution in [3.63, 3.8) is 0 Å². The molecular formula is C16H25FIN3O2. The Morgan fingerprint density at radius 1 is 1.22 bits per heavy atom. The van der Waals surface area contributed by atoms with Crippen molar-refractivity contribution in [1.29, 1.82) is 0 Å². The van der Waals surface area contributed by atoms with Crippen molar-refractivity contribution in [2.24, 2.45) is 4.99 Å². The van der Waals surface area contributed by atoms with Crippen molar-refractivity contribution in [2.75, 3.05) is 13.1 Å². The first-order valence-corrected chi connectivity index (χ1v) is 7.28. The number of guanidine groups is 1. The van der Waals surface area contributed by atoms with Gasteiger partial charge in [-0.2, -0.15) is 0 Å². The molecule has 0 spiro atoms. The maximum atomic E-state index is 12.8. The van der Waals surface area contributed by atoms with Crippen molar-refractivity contribution in [2.45, 2.75) is 39.8 Å². The first-order chi connectivity index (χ1) is 10.3. The fraction of sp³-hybridized carbons (Fsp3) is 0.500. The van der Waals surface area contributed by atoms with E-state index in [1.165, 1.54) is 12.1 Å². The molecule has 0 fully saturated rings. The fourth-order valence-corrected chi connectivity index (χ4v) is 1.64. The summed E-state index contributed by atoms with van der Waals surface area (Å²) in [5.41, 5.74) is 0.374. The Morgan fingerprint density at radius 2 is 1.83 bits per heavy atom. The minimum absolute atomic E-state index is 0. The van der Waals surface area contributed by atoms with E-state index in [1.807, 2.05) is 27.7 Å². The van der Waals surface area contributed by atoms with E-state index in [9.17, 15) is 9.18 Å². The predicted octanol–water partition coefficient (Wildman–Crippen LogP) is 2.84. The molecular weight excluding hydrogens is 412 g/mol. The van der Waals surface area contributed by atoms with Gasteiger partial charge in [-0.05, 0) is 45.4 Å². The van der Waals surface area contributed by atoms with Crippen molar-refractivity contribution >= 4 is 35.9 Å². The molecule has 0 aliphatic heterocycles. The molecule has 0 unspecified atom stereocenters. The van der Waals surface area contributed by atoms with Gasteiger partial charge in [0.15, 0.2) is 5.96 Å². The third kappa shape index (κ3) is 10.1. The van der Waals surface area contributed by atoms with Crippen LogP contribution in [0.5, 0.6) is 0 Å². The normalized spacial score (nSPS) is 11.4. The molecule has 0 aliphatic carbocycles. The van der Waals surface area contributed by atoms with Gasteiger partial charge in [0.25, 0.3) is 0 Å². The average Bonchev–Trinajstić information content (AvgIpc) is 2.42. The summed E-state index contributed by atoms with van der Waals surface area (Å²) in [6, 6.07) is 6.14. The molecule has 0 aromatic heterocycles. The molecule has 0 bridgehead atoms. The third-order valence-electron chi connectivity index (χ3n) is 2.50. The summed E-state index contributed by atoms with van der Waals surface area (Å²) in [6.07, 6.45) is 0. The van der Waals surface area contributed by atoms with Gasteiger partial charge in [-0.15, -0.1) is 24.0 Å². The Morgan fingerprint density at radius 3 is 2.35 bits per heavy atom. The molecule has 1 aromatic carbocycles. The summed E-state index contributed by atoms with van der Waals surface area (Å²) in [4.78, 5) is 16.0. The second-order valence-electron chi connectivity index (χ2n) is 5.76. The summed E-state index contributed by atoms with van der Waals surface area (Å²) in [6.45, 7) is 8.48. The van der Waals surface area contributed by atoms with Gasteiger partial charge >= 0.3 is 5.97 Å². The van der Waals surface area contributed by atoms with Crippen LogP contribution in [0.3, 0.4) is 0 Å². The molecule has 0 heterocycles. The zero-order valence-electron chi connectivity index (χ0n) is 14.0. The summed E-state index contributed by atoms with van der Waals surface area (Å²) in [5, 5.41) is 5.95. The molecule has 2 N–H and O–H groups in total. The van der Waals surface area contributed by atoms with Crippen LogP contribution in [0.2, 0.25) is 0 Å². The van der Waals surface area contributed by atoms with Gasteiger partial charge < -0.3 is 15.4 Å². The summed E-state index contributed by atoms with van der Waals surface area (Å²) < 4.78 is 18.1. The standard InChI is InChI=1S/C16H24FN3O2.HI/c1-5-18-15(20-11-14(21)22-16(2,3)4)19-10-12-6-8-13(17)9-7-12;/h6-9H,5,10-11H2,1-4H3,(H2,18,19,20);1H. The maximum Gasteiger partial charge on any atom is 0.325 e. The van der Waals surface area contributed by atoms with Crippen molar-refractivity contribution in [3.8, 4) is 0 Å². The highest BCUT2D eigenvalue weighted by Crippen LogP contribution is 2.06. The van der Waals surface area contributed by atoms with E-state index in [0.717, 1.165) is 5.56 Å². The Labute approximate surface area is 154 Å². The molecule has 1 aromatic rings. The highest BCUT2D eigenvalue weighted by molar-refractivity contribution is 14.0. The smallest absolute Gasteiger partial charge is 0.325 e. The Kier molecular flexibility index (Phi) is 9.78. The van der Waals surface area contributed by atoms with E-state index in [4.69, 9.17) is 4.74 Å². The summed E-state index contributed by atoms with van der Waals surface area (Å²) >= 11 is 0. The lowest BCUT2D eigenvalue weighted by atomic mass is 10.2. The van der Waals surface area contributed by atoms with E-state index < -0.39 is 5.60 Å². The van der Waals surface area contributed by atoms with E-state index >= 15 is 0 Å². The number of nitrogens with one attached hydrogen (secondary N) is 2. The van der Waals surface area contributed by atoms with Gasteiger partial charge in [0.2, 0.25) is 0 Å². The molecule has 0 saturated heterocycles. The second kappa shape index (κ2) is 10.4. The predicted molar refractivity (Wildman–Crippen MR) is 100 cm³/mol. The fourth-order valence-electron chi connectivity index (χ4n) is 1.64. The SMILES string of the molecule is CCNC(=NCc1ccc(F)cc1)NCC(=O)OC(C)(C)C.I. The molecule has 0 saturated carbocycles. The third-order valence-corrected chi connectivity index (χ3v) is 2.50. The van der Waals surface area contributed by atoms with Gasteiger partial charge in [-0.3, -0.25) is 4.79 Å². The number of benzene rings is 1. The number of halogens is 2. The summed E-state index contributed by atoms with van der Waals surface area (Å²) in [7, 11) is 0. The quantitative estimate of drug-likeness (QED) is 0.322. The van der Waals surface area contributed by atoms with Gasteiger partial charge in [-0.1, -0.05) is 12.1 Å². The monoisotopic (exact) mass is 437 g/mol. The lowest BCUT2D eigenvalue weighted by Crippen LogP contribution is -2.41. The van der Waals surface area contributed by atoms with Gasteiger partial charge in [0.05, 0.1) is 6.54 Å².